The fourth-order valence-electron chi connectivity index (χ4n) is 2.98. The lowest BCUT2D eigenvalue weighted by molar-refractivity contribution is 0.579. The van der Waals surface area contributed by atoms with Gasteiger partial charge in [0.15, 0.2) is 5.82 Å². The summed E-state index contributed by atoms with van der Waals surface area (Å²) in [6.07, 6.45) is 0.454. The van der Waals surface area contributed by atoms with Gasteiger partial charge in [0.05, 0.1) is 10.6 Å². The molecule has 0 aliphatic heterocycles. The molecule has 0 fully saturated rings. The van der Waals surface area contributed by atoms with Gasteiger partial charge in [0, 0.05) is 23.9 Å². The van der Waals surface area contributed by atoms with Crippen molar-refractivity contribution in [2.45, 2.75) is 25.2 Å². The number of benzene rings is 2. The van der Waals surface area contributed by atoms with Crippen LogP contribution in [0.4, 0.5) is 4.39 Å². The molecule has 0 bridgehead atoms. The molecule has 4 aromatic rings. The Balaban J connectivity index is 1.49. The zero-order chi connectivity index (χ0) is 20.6. The lowest BCUT2D eigenvalue weighted by atomic mass is 10.1. The lowest BCUT2D eigenvalue weighted by Gasteiger charge is -2.07. The number of nitrogens with one attached hydrogen (secondary N) is 1. The number of hydrogen-bond acceptors (Lipinski definition) is 5. The van der Waals surface area contributed by atoms with Gasteiger partial charge in [-0.25, -0.2) is 22.0 Å². The lowest BCUT2D eigenvalue weighted by Crippen LogP contribution is -2.26. The van der Waals surface area contributed by atoms with Crippen molar-refractivity contribution >= 4 is 26.3 Å². The largest absolute Gasteiger partial charge is 0.240 e. The number of aryl methyl sites for hydroxylation is 2. The third-order valence-electron chi connectivity index (χ3n) is 4.54. The third kappa shape index (κ3) is 4.07. The van der Waals surface area contributed by atoms with Crippen LogP contribution >= 0.6 is 11.3 Å². The highest BCUT2D eigenvalue weighted by molar-refractivity contribution is 7.89. The predicted octanol–water partition coefficient (Wildman–Crippen LogP) is 3.73. The molecule has 0 aliphatic rings. The second-order valence-electron chi connectivity index (χ2n) is 6.79. The van der Waals surface area contributed by atoms with Crippen LogP contribution in [0.15, 0.2) is 52.7 Å². The molecule has 2 heterocycles. The molecule has 2 aromatic heterocycles. The Bertz CT molecular complexity index is 1300. The molecule has 0 saturated carbocycles. The first kappa shape index (κ1) is 19.7. The molecule has 0 atom stereocenters. The highest BCUT2D eigenvalue weighted by atomic mass is 32.2. The topological polar surface area (TPSA) is 76.4 Å². The van der Waals surface area contributed by atoms with E-state index < -0.39 is 15.8 Å². The van der Waals surface area contributed by atoms with Gasteiger partial charge in [-0.05, 0) is 43.7 Å². The van der Waals surface area contributed by atoms with Gasteiger partial charge < -0.3 is 0 Å². The standard InChI is InChI=1S/C20H19FN4O2S2/c1-13-4-3-5-15(10-13)19-23-20-25(24-19)16(12-28-20)8-9-22-29(26,27)17-6-7-18(21)14(2)11-17/h3-7,10-12,22H,8-9H2,1-2H3. The number of fused-ring (bicyclic) bond motifs is 1. The quantitative estimate of drug-likeness (QED) is 0.506. The molecule has 6 nitrogen and oxygen atoms in total. The Morgan fingerprint density at radius 2 is 2.00 bits per heavy atom. The molecule has 4 rings (SSSR count). The Labute approximate surface area is 172 Å². The average molecular weight is 431 g/mol. The first-order valence-corrected chi connectivity index (χ1v) is 11.4. The molecular formula is C20H19FN4O2S2. The minimum Gasteiger partial charge on any atom is -0.211 e. The maximum Gasteiger partial charge on any atom is 0.240 e. The normalized spacial score (nSPS) is 12.0. The van der Waals surface area contributed by atoms with E-state index in [1.807, 2.05) is 36.6 Å². The molecule has 0 amide bonds. The molecule has 29 heavy (non-hydrogen) atoms. The van der Waals surface area contributed by atoms with Gasteiger partial charge in [0.1, 0.15) is 5.82 Å². The van der Waals surface area contributed by atoms with Crippen LogP contribution in [0.5, 0.6) is 0 Å². The van der Waals surface area contributed by atoms with Crippen molar-refractivity contribution in [3.05, 3.63) is 70.5 Å². The molecule has 2 aromatic carbocycles. The molecule has 0 saturated heterocycles. The van der Waals surface area contributed by atoms with Gasteiger partial charge in [-0.3, -0.25) is 0 Å². The molecule has 0 aliphatic carbocycles. The average Bonchev–Trinajstić information content (AvgIpc) is 3.25. The van der Waals surface area contributed by atoms with Crippen molar-refractivity contribution in [1.29, 1.82) is 0 Å². The number of sulfonamides is 1. The first-order chi connectivity index (χ1) is 13.8. The maximum atomic E-state index is 13.4. The Hall–Kier alpha value is -2.62. The minimum atomic E-state index is -3.71. The van der Waals surface area contributed by atoms with Gasteiger partial charge in [0.25, 0.3) is 0 Å². The zero-order valence-electron chi connectivity index (χ0n) is 15.9. The van der Waals surface area contributed by atoms with E-state index in [1.54, 1.807) is 4.52 Å². The summed E-state index contributed by atoms with van der Waals surface area (Å²) in [4.78, 5) is 5.37. The zero-order valence-corrected chi connectivity index (χ0v) is 17.5. The van der Waals surface area contributed by atoms with Crippen LogP contribution in [0, 0.1) is 19.7 Å². The van der Waals surface area contributed by atoms with Crippen molar-refractivity contribution in [1.82, 2.24) is 19.3 Å². The fraction of sp³-hybridized carbons (Fsp3) is 0.200. The van der Waals surface area contributed by atoms with E-state index in [9.17, 15) is 12.8 Å². The van der Waals surface area contributed by atoms with Crippen molar-refractivity contribution in [3.8, 4) is 11.4 Å². The summed E-state index contributed by atoms with van der Waals surface area (Å²) in [5, 5.41) is 6.50. The van der Waals surface area contributed by atoms with Gasteiger partial charge in [-0.2, -0.15) is 4.98 Å². The summed E-state index contributed by atoms with van der Waals surface area (Å²) in [7, 11) is -3.71. The maximum absolute atomic E-state index is 13.4. The number of rotatable bonds is 6. The number of aromatic nitrogens is 3. The van der Waals surface area contributed by atoms with Crippen LogP contribution in [0.1, 0.15) is 16.8 Å². The minimum absolute atomic E-state index is 0.0503. The second-order valence-corrected chi connectivity index (χ2v) is 9.39. The van der Waals surface area contributed by atoms with E-state index >= 15 is 0 Å². The second kappa shape index (κ2) is 7.66. The summed E-state index contributed by atoms with van der Waals surface area (Å²) in [5.41, 5.74) is 3.23. The highest BCUT2D eigenvalue weighted by Gasteiger charge is 2.16. The van der Waals surface area contributed by atoms with Gasteiger partial charge in [-0.15, -0.1) is 16.4 Å². The smallest absolute Gasteiger partial charge is 0.211 e. The summed E-state index contributed by atoms with van der Waals surface area (Å²) in [6.45, 7) is 3.75. The van der Waals surface area contributed by atoms with Crippen LogP contribution < -0.4 is 4.72 Å². The highest BCUT2D eigenvalue weighted by Crippen LogP contribution is 2.22. The van der Waals surface area contributed by atoms with E-state index in [2.05, 4.69) is 14.8 Å². The van der Waals surface area contributed by atoms with E-state index in [0.717, 1.165) is 27.8 Å². The SMILES string of the molecule is Cc1cccc(-c2nc3scc(CCNS(=O)(=O)c4ccc(F)c(C)c4)n3n2)c1. The summed E-state index contributed by atoms with van der Waals surface area (Å²) < 4.78 is 42.6. The first-order valence-electron chi connectivity index (χ1n) is 8.99. The Morgan fingerprint density at radius 3 is 2.76 bits per heavy atom. The van der Waals surface area contributed by atoms with Crippen LogP contribution in [0.2, 0.25) is 0 Å². The third-order valence-corrected chi connectivity index (χ3v) is 6.86. The van der Waals surface area contributed by atoms with Crippen LogP contribution in [0.3, 0.4) is 0 Å². The molecular weight excluding hydrogens is 411 g/mol. The van der Waals surface area contributed by atoms with E-state index in [0.29, 0.717) is 17.8 Å². The molecule has 0 radical (unpaired) electrons. The van der Waals surface area contributed by atoms with Gasteiger partial charge in [-0.1, -0.05) is 23.8 Å². The van der Waals surface area contributed by atoms with Crippen LogP contribution in [-0.4, -0.2) is 29.6 Å². The predicted molar refractivity (Wildman–Crippen MR) is 111 cm³/mol. The summed E-state index contributed by atoms with van der Waals surface area (Å²) >= 11 is 1.46. The number of thiazole rings is 1. The van der Waals surface area contributed by atoms with Gasteiger partial charge in [0.2, 0.25) is 15.0 Å². The number of halogens is 1. The molecule has 0 unspecified atom stereocenters. The van der Waals surface area contributed by atoms with Crippen molar-refractivity contribution in [3.63, 3.8) is 0 Å². The van der Waals surface area contributed by atoms with E-state index in [4.69, 9.17) is 0 Å². The number of hydrogen-bond donors (Lipinski definition) is 1. The summed E-state index contributed by atoms with van der Waals surface area (Å²) in [6, 6.07) is 11.7. The van der Waals surface area contributed by atoms with Crippen LogP contribution in [-0.2, 0) is 16.4 Å². The van der Waals surface area contributed by atoms with Crippen molar-refractivity contribution in [2.75, 3.05) is 6.54 Å². The Morgan fingerprint density at radius 1 is 1.17 bits per heavy atom. The molecule has 9 heteroatoms. The molecule has 0 spiro atoms. The van der Waals surface area contributed by atoms with Crippen molar-refractivity contribution < 1.29 is 12.8 Å². The Kier molecular flexibility index (Phi) is 5.20. The monoisotopic (exact) mass is 430 g/mol. The molecule has 1 N–H and O–H groups in total. The fourth-order valence-corrected chi connectivity index (χ4v) is 4.96. The molecule has 150 valence electrons. The van der Waals surface area contributed by atoms with Crippen molar-refractivity contribution in [2.24, 2.45) is 0 Å². The van der Waals surface area contributed by atoms with Gasteiger partial charge >= 0.3 is 0 Å². The van der Waals surface area contributed by atoms with E-state index in [1.165, 1.54) is 30.4 Å². The number of nitrogens with zero attached hydrogens (tertiary/aromatic N) is 3. The summed E-state index contributed by atoms with van der Waals surface area (Å²) in [5.74, 6) is 0.212. The van der Waals surface area contributed by atoms with Crippen LogP contribution in [0.25, 0.3) is 16.3 Å². The van der Waals surface area contributed by atoms with E-state index in [-0.39, 0.29) is 11.4 Å².